The molecule has 2 rings (SSSR count). The lowest BCUT2D eigenvalue weighted by Gasteiger charge is -2.09. The molecule has 0 bridgehead atoms. The van der Waals surface area contributed by atoms with Crippen LogP contribution in [0.4, 0.5) is 8.78 Å². The minimum absolute atomic E-state index is 0.0273. The Morgan fingerprint density at radius 1 is 1.45 bits per heavy atom. The first-order chi connectivity index (χ1) is 13.4. The van der Waals surface area contributed by atoms with Crippen LogP contribution in [0.1, 0.15) is 27.2 Å². The van der Waals surface area contributed by atoms with E-state index in [1.54, 1.807) is 0 Å². The number of rotatable bonds is 10. The Labute approximate surface area is 169 Å². The zero-order valence-electron chi connectivity index (χ0n) is 15.1. The van der Waals surface area contributed by atoms with E-state index in [0.29, 0.717) is 11.3 Å². The van der Waals surface area contributed by atoms with Crippen molar-refractivity contribution in [3.63, 3.8) is 0 Å². The number of hydrogen-bond donors (Lipinski definition) is 2. The molecular formula is C16H17F2NO7PS2+. The number of primary amides is 1. The van der Waals surface area contributed by atoms with Gasteiger partial charge in [0, 0.05) is 27.3 Å². The number of benzene rings is 1. The van der Waals surface area contributed by atoms with Crippen LogP contribution >= 0.6 is 19.6 Å². The Hall–Kier alpha value is -1.98. The van der Waals surface area contributed by atoms with E-state index in [-0.39, 0.29) is 45.7 Å². The van der Waals surface area contributed by atoms with Gasteiger partial charge >= 0.3 is 14.4 Å². The van der Waals surface area contributed by atoms with Crippen molar-refractivity contribution in [1.82, 2.24) is 0 Å². The number of hydrogen-bond acceptors (Lipinski definition) is 7. The molecule has 2 aromatic rings. The van der Waals surface area contributed by atoms with E-state index in [2.05, 4.69) is 11.1 Å². The molecule has 3 N–H and O–H groups in total. The van der Waals surface area contributed by atoms with Gasteiger partial charge in [-0.25, -0.2) is 8.42 Å². The first-order valence-corrected chi connectivity index (χ1v) is 11.9. The maximum Gasteiger partial charge on any atom is 0.701 e. The van der Waals surface area contributed by atoms with E-state index in [1.165, 1.54) is 12.1 Å². The molecule has 0 saturated carbocycles. The molecule has 0 aliphatic heterocycles. The highest BCUT2D eigenvalue weighted by Gasteiger charge is 2.46. The number of carbonyl (C=O) groups excluding carboxylic acids is 1. The Bertz CT molecular complexity index is 1080. The highest BCUT2D eigenvalue weighted by molar-refractivity contribution is 7.90. The first-order valence-electron chi connectivity index (χ1n) is 7.92. The van der Waals surface area contributed by atoms with Gasteiger partial charge in [-0.1, -0.05) is 12.7 Å². The standard InChI is InChI=1S/C16H16F2NO7PS2/c1-3-10-11-7-9(15(19)20)8-12(25-5-4-6-29(2,23)24)13(11)28-14(10)16(17,18)26-27(21)22/h3,7-8H,1,4-6H2,2H3,(H2-,19,20,21,22)/p+1. The van der Waals surface area contributed by atoms with Crippen LogP contribution in [-0.2, 0) is 25.0 Å². The van der Waals surface area contributed by atoms with Gasteiger partial charge in [0.1, 0.15) is 20.5 Å². The third kappa shape index (κ3) is 5.77. The summed E-state index contributed by atoms with van der Waals surface area (Å²) in [7, 11) is -6.81. The number of ether oxygens (including phenoxy) is 1. The molecule has 0 aliphatic rings. The molecule has 0 aliphatic carbocycles. The van der Waals surface area contributed by atoms with Crippen molar-refractivity contribution in [3.05, 3.63) is 34.7 Å². The smallest absolute Gasteiger partial charge is 0.492 e. The zero-order chi connectivity index (χ0) is 22.0. The van der Waals surface area contributed by atoms with Crippen molar-refractivity contribution in [1.29, 1.82) is 0 Å². The summed E-state index contributed by atoms with van der Waals surface area (Å²) in [6, 6.07) is 2.52. The number of fused-ring (bicyclic) bond motifs is 1. The number of alkyl halides is 2. The van der Waals surface area contributed by atoms with Crippen LogP contribution in [0.25, 0.3) is 16.2 Å². The highest BCUT2D eigenvalue weighted by atomic mass is 32.2. The molecule has 1 aromatic heterocycles. The van der Waals surface area contributed by atoms with E-state index in [4.69, 9.17) is 15.4 Å². The third-order valence-corrected chi connectivity index (χ3v) is 6.36. The average molecular weight is 468 g/mol. The summed E-state index contributed by atoms with van der Waals surface area (Å²) in [5.74, 6) is -0.945. The molecule has 8 nitrogen and oxygen atoms in total. The maximum absolute atomic E-state index is 14.3. The Kier molecular flexibility index (Phi) is 7.07. The number of nitrogens with two attached hydrogens (primary N) is 1. The number of sulfone groups is 1. The molecule has 1 unspecified atom stereocenters. The molecule has 1 aromatic carbocycles. The van der Waals surface area contributed by atoms with Crippen molar-refractivity contribution in [2.75, 3.05) is 18.6 Å². The minimum Gasteiger partial charge on any atom is -0.492 e. The van der Waals surface area contributed by atoms with E-state index in [9.17, 15) is 26.6 Å². The maximum atomic E-state index is 14.3. The van der Waals surface area contributed by atoms with Gasteiger partial charge < -0.3 is 10.5 Å². The van der Waals surface area contributed by atoms with Crippen molar-refractivity contribution >= 4 is 51.5 Å². The van der Waals surface area contributed by atoms with Crippen molar-refractivity contribution < 1.29 is 40.7 Å². The van der Waals surface area contributed by atoms with Crippen LogP contribution in [0.3, 0.4) is 0 Å². The van der Waals surface area contributed by atoms with Crippen LogP contribution in [-0.4, -0.2) is 37.8 Å². The number of thiophene rings is 1. The largest absolute Gasteiger partial charge is 0.701 e. The van der Waals surface area contributed by atoms with Crippen LogP contribution in [0.5, 0.6) is 5.75 Å². The number of amides is 1. The summed E-state index contributed by atoms with van der Waals surface area (Å²) < 4.78 is 71.4. The second kappa shape index (κ2) is 8.80. The quantitative estimate of drug-likeness (QED) is 0.404. The van der Waals surface area contributed by atoms with Crippen molar-refractivity contribution in [2.24, 2.45) is 5.73 Å². The Morgan fingerprint density at radius 2 is 2.10 bits per heavy atom. The molecule has 1 heterocycles. The normalized spacial score (nSPS) is 12.8. The van der Waals surface area contributed by atoms with Crippen LogP contribution in [0.15, 0.2) is 18.7 Å². The third-order valence-electron chi connectivity index (χ3n) is 3.66. The number of halogens is 2. The van der Waals surface area contributed by atoms with Gasteiger partial charge in [0.2, 0.25) is 5.91 Å². The molecule has 13 heteroatoms. The fraction of sp³-hybridized carbons (Fsp3) is 0.312. The van der Waals surface area contributed by atoms with Crippen molar-refractivity contribution in [2.45, 2.75) is 12.5 Å². The molecule has 0 fully saturated rings. The summed E-state index contributed by atoms with van der Waals surface area (Å²) in [5.41, 5.74) is 5.15. The van der Waals surface area contributed by atoms with E-state index in [1.807, 2.05) is 0 Å². The predicted molar refractivity (Wildman–Crippen MR) is 105 cm³/mol. The lowest BCUT2D eigenvalue weighted by molar-refractivity contribution is -0.183. The molecule has 1 amide bonds. The SMILES string of the molecule is C=Cc1c(C(F)(F)O[P+](=O)O)sc2c(OCCCS(C)(=O)=O)cc(C(N)=O)cc12. The van der Waals surface area contributed by atoms with Crippen LogP contribution < -0.4 is 10.5 Å². The lowest BCUT2D eigenvalue weighted by Crippen LogP contribution is -2.13. The van der Waals surface area contributed by atoms with Gasteiger partial charge in [-0.3, -0.25) is 4.79 Å². The van der Waals surface area contributed by atoms with Crippen LogP contribution in [0.2, 0.25) is 0 Å². The average Bonchev–Trinajstić information content (AvgIpc) is 2.96. The van der Waals surface area contributed by atoms with Gasteiger partial charge in [-0.2, -0.15) is 8.78 Å². The molecule has 0 spiro atoms. The summed E-state index contributed by atoms with van der Waals surface area (Å²) in [4.78, 5) is 19.6. The molecule has 1 atom stereocenters. The fourth-order valence-corrected chi connectivity index (χ4v) is 4.65. The molecule has 158 valence electrons. The molecule has 29 heavy (non-hydrogen) atoms. The van der Waals surface area contributed by atoms with E-state index < -0.39 is 35.0 Å². The summed E-state index contributed by atoms with van der Waals surface area (Å²) in [6.45, 7) is 3.41. The lowest BCUT2D eigenvalue weighted by atomic mass is 10.1. The van der Waals surface area contributed by atoms with Gasteiger partial charge in [0.05, 0.1) is 17.1 Å². The van der Waals surface area contributed by atoms with Gasteiger partial charge in [-0.15, -0.1) is 16.2 Å². The number of carbonyl (C=O) groups is 1. The van der Waals surface area contributed by atoms with Crippen molar-refractivity contribution in [3.8, 4) is 5.75 Å². The van der Waals surface area contributed by atoms with Crippen LogP contribution in [0, 0.1) is 0 Å². The predicted octanol–water partition coefficient (Wildman–Crippen LogP) is 3.17. The van der Waals surface area contributed by atoms with E-state index in [0.717, 1.165) is 12.3 Å². The molecule has 0 saturated heterocycles. The van der Waals surface area contributed by atoms with Gasteiger partial charge in [-0.05, 0) is 23.1 Å². The highest BCUT2D eigenvalue weighted by Crippen LogP contribution is 2.48. The van der Waals surface area contributed by atoms with Gasteiger partial charge in [0.15, 0.2) is 0 Å². The summed E-state index contributed by atoms with van der Waals surface area (Å²) >= 11 is 0.527. The second-order valence-electron chi connectivity index (χ2n) is 5.94. The second-order valence-corrected chi connectivity index (χ2v) is 9.88. The van der Waals surface area contributed by atoms with Gasteiger partial charge in [0.25, 0.3) is 0 Å². The Balaban J connectivity index is 2.56. The fourth-order valence-electron chi connectivity index (χ4n) is 2.50. The summed E-state index contributed by atoms with van der Waals surface area (Å²) in [6.07, 6.45) is -1.81. The molecular weight excluding hydrogens is 451 g/mol. The van der Waals surface area contributed by atoms with E-state index >= 15 is 0 Å². The Morgan fingerprint density at radius 3 is 2.62 bits per heavy atom. The first kappa shape index (κ1) is 23.3. The molecule has 0 radical (unpaired) electrons. The topological polar surface area (TPSA) is 133 Å². The summed E-state index contributed by atoms with van der Waals surface area (Å²) in [5, 5.41) is 0.158. The zero-order valence-corrected chi connectivity index (χ0v) is 17.6. The monoisotopic (exact) mass is 468 g/mol. The minimum atomic E-state index is -4.10.